The molecule has 2 aromatic heterocycles. The van der Waals surface area contributed by atoms with Crippen LogP contribution in [0.1, 0.15) is 6.42 Å². The summed E-state index contributed by atoms with van der Waals surface area (Å²) >= 11 is 1.56. The smallest absolute Gasteiger partial charge is 0.223 e. The molecule has 3 rings (SSSR count). The van der Waals surface area contributed by atoms with Gasteiger partial charge in [-0.2, -0.15) is 9.61 Å². The monoisotopic (exact) mass is 293 g/mol. The molecule has 0 spiro atoms. The zero-order valence-electron chi connectivity index (χ0n) is 10.9. The van der Waals surface area contributed by atoms with E-state index in [1.54, 1.807) is 22.6 Å². The van der Waals surface area contributed by atoms with Crippen LogP contribution < -0.4 is 0 Å². The molecule has 0 bridgehead atoms. The van der Waals surface area contributed by atoms with E-state index in [4.69, 9.17) is 4.74 Å². The van der Waals surface area contributed by atoms with Gasteiger partial charge in [-0.05, 0) is 12.1 Å². The quantitative estimate of drug-likeness (QED) is 0.763. The molecule has 1 aliphatic heterocycles. The summed E-state index contributed by atoms with van der Waals surface area (Å²) in [6.45, 7) is 2.69. The van der Waals surface area contributed by atoms with Gasteiger partial charge < -0.3 is 9.64 Å². The first kappa shape index (κ1) is 13.3. The lowest BCUT2D eigenvalue weighted by Gasteiger charge is -2.26. The molecule has 1 fully saturated rings. The molecular weight excluding hydrogens is 278 g/mol. The second-order valence-electron chi connectivity index (χ2n) is 4.40. The highest BCUT2D eigenvalue weighted by Gasteiger charge is 2.16. The van der Waals surface area contributed by atoms with Crippen molar-refractivity contribution in [1.29, 1.82) is 0 Å². The van der Waals surface area contributed by atoms with E-state index >= 15 is 0 Å². The number of rotatable bonds is 4. The number of hydrogen-bond acceptors (Lipinski definition) is 6. The number of carbonyl (C=O) groups is 1. The van der Waals surface area contributed by atoms with Crippen LogP contribution in [0.4, 0.5) is 0 Å². The van der Waals surface area contributed by atoms with Gasteiger partial charge in [-0.15, -0.1) is 22.0 Å². The molecule has 0 unspecified atom stereocenters. The van der Waals surface area contributed by atoms with Gasteiger partial charge in [0.2, 0.25) is 5.91 Å². The lowest BCUT2D eigenvalue weighted by molar-refractivity contribution is -0.134. The summed E-state index contributed by atoms with van der Waals surface area (Å²) in [7, 11) is 0. The Balaban J connectivity index is 1.50. The molecular formula is C12H15N5O2S. The number of morpholine rings is 1. The van der Waals surface area contributed by atoms with Crippen molar-refractivity contribution in [2.75, 3.05) is 32.1 Å². The molecule has 106 valence electrons. The SMILES string of the molecule is O=C(CCSc1ccc2nncn2n1)N1CCOCC1. The molecule has 8 heteroatoms. The predicted molar refractivity (Wildman–Crippen MR) is 73.5 cm³/mol. The van der Waals surface area contributed by atoms with Gasteiger partial charge in [0.25, 0.3) is 0 Å². The maximum absolute atomic E-state index is 12.0. The third kappa shape index (κ3) is 3.07. The zero-order valence-corrected chi connectivity index (χ0v) is 11.8. The number of fused-ring (bicyclic) bond motifs is 1. The summed E-state index contributed by atoms with van der Waals surface area (Å²) in [4.78, 5) is 13.8. The van der Waals surface area contributed by atoms with E-state index in [1.165, 1.54) is 0 Å². The Kier molecular flexibility index (Phi) is 4.12. The summed E-state index contributed by atoms with van der Waals surface area (Å²) in [6, 6.07) is 3.76. The maximum Gasteiger partial charge on any atom is 0.223 e. The molecule has 0 atom stereocenters. The minimum Gasteiger partial charge on any atom is -0.378 e. The van der Waals surface area contributed by atoms with Crippen LogP contribution in [-0.2, 0) is 9.53 Å². The Labute approximate surface area is 120 Å². The van der Waals surface area contributed by atoms with Gasteiger partial charge in [0.05, 0.1) is 13.2 Å². The summed E-state index contributed by atoms with van der Waals surface area (Å²) in [5, 5.41) is 12.9. The maximum atomic E-state index is 12.0. The normalized spacial score (nSPS) is 15.7. The fourth-order valence-corrected chi connectivity index (χ4v) is 2.80. The topological polar surface area (TPSA) is 72.6 Å². The predicted octanol–water partition coefficient (Wildman–Crippen LogP) is 0.465. The molecule has 0 N–H and O–H groups in total. The van der Waals surface area contributed by atoms with Gasteiger partial charge in [-0.1, -0.05) is 0 Å². The van der Waals surface area contributed by atoms with Crippen LogP contribution in [0.3, 0.4) is 0 Å². The average Bonchev–Trinajstić information content (AvgIpc) is 2.95. The number of amides is 1. The van der Waals surface area contributed by atoms with E-state index in [0.29, 0.717) is 32.7 Å². The lowest BCUT2D eigenvalue weighted by Crippen LogP contribution is -2.40. The minimum absolute atomic E-state index is 0.186. The number of nitrogens with zero attached hydrogens (tertiary/aromatic N) is 5. The van der Waals surface area contributed by atoms with Gasteiger partial charge in [0.15, 0.2) is 5.65 Å². The molecule has 1 aliphatic rings. The molecule has 2 aromatic rings. The number of thioether (sulfide) groups is 1. The van der Waals surface area contributed by atoms with Crippen molar-refractivity contribution in [3.8, 4) is 0 Å². The van der Waals surface area contributed by atoms with E-state index < -0.39 is 0 Å². The van der Waals surface area contributed by atoms with Gasteiger partial charge in [0, 0.05) is 25.3 Å². The number of carbonyl (C=O) groups excluding carboxylic acids is 1. The van der Waals surface area contributed by atoms with Crippen LogP contribution in [0.5, 0.6) is 0 Å². The molecule has 0 saturated carbocycles. The fraction of sp³-hybridized carbons (Fsp3) is 0.500. The van der Waals surface area contributed by atoms with Crippen LogP contribution in [0.2, 0.25) is 0 Å². The van der Waals surface area contributed by atoms with Gasteiger partial charge in [-0.25, -0.2) is 0 Å². The van der Waals surface area contributed by atoms with Gasteiger partial charge in [-0.3, -0.25) is 4.79 Å². The van der Waals surface area contributed by atoms with Crippen LogP contribution in [0, 0.1) is 0 Å². The molecule has 0 aromatic carbocycles. The number of aromatic nitrogens is 4. The Hall–Kier alpha value is -1.67. The summed E-state index contributed by atoms with van der Waals surface area (Å²) in [5.74, 6) is 0.905. The van der Waals surface area contributed by atoms with Crippen molar-refractivity contribution < 1.29 is 9.53 Å². The zero-order chi connectivity index (χ0) is 13.8. The van der Waals surface area contributed by atoms with Crippen LogP contribution >= 0.6 is 11.8 Å². The first-order valence-corrected chi connectivity index (χ1v) is 7.47. The summed E-state index contributed by atoms with van der Waals surface area (Å²) < 4.78 is 6.86. The Morgan fingerprint density at radius 2 is 2.20 bits per heavy atom. The molecule has 1 saturated heterocycles. The van der Waals surface area contributed by atoms with Crippen molar-refractivity contribution in [1.82, 2.24) is 24.7 Å². The highest BCUT2D eigenvalue weighted by atomic mass is 32.2. The molecule has 3 heterocycles. The van der Waals surface area contributed by atoms with E-state index in [1.807, 2.05) is 17.0 Å². The second-order valence-corrected chi connectivity index (χ2v) is 5.51. The summed E-state index contributed by atoms with van der Waals surface area (Å²) in [6.07, 6.45) is 2.09. The summed E-state index contributed by atoms with van der Waals surface area (Å²) in [5.41, 5.74) is 0.721. The third-order valence-electron chi connectivity index (χ3n) is 3.07. The van der Waals surface area contributed by atoms with Gasteiger partial charge >= 0.3 is 0 Å². The van der Waals surface area contributed by atoms with Crippen LogP contribution in [-0.4, -0.2) is 62.7 Å². The van der Waals surface area contributed by atoms with E-state index in [0.717, 1.165) is 16.4 Å². The second kappa shape index (κ2) is 6.19. The van der Waals surface area contributed by atoms with Crippen molar-refractivity contribution >= 4 is 23.3 Å². The van der Waals surface area contributed by atoms with E-state index in [2.05, 4.69) is 15.3 Å². The van der Waals surface area contributed by atoms with Crippen molar-refractivity contribution in [2.24, 2.45) is 0 Å². The third-order valence-corrected chi connectivity index (χ3v) is 3.99. The molecule has 20 heavy (non-hydrogen) atoms. The van der Waals surface area contributed by atoms with Gasteiger partial charge in [0.1, 0.15) is 11.4 Å². The Morgan fingerprint density at radius 3 is 3.05 bits per heavy atom. The highest BCUT2D eigenvalue weighted by Crippen LogP contribution is 2.16. The van der Waals surface area contributed by atoms with Crippen molar-refractivity contribution in [2.45, 2.75) is 11.4 Å². The first-order chi connectivity index (χ1) is 9.83. The average molecular weight is 293 g/mol. The minimum atomic E-state index is 0.186. The molecule has 0 radical (unpaired) electrons. The largest absolute Gasteiger partial charge is 0.378 e. The number of ether oxygens (including phenoxy) is 1. The lowest BCUT2D eigenvalue weighted by atomic mass is 10.3. The van der Waals surface area contributed by atoms with Crippen LogP contribution in [0.15, 0.2) is 23.5 Å². The molecule has 7 nitrogen and oxygen atoms in total. The molecule has 0 aliphatic carbocycles. The fourth-order valence-electron chi connectivity index (χ4n) is 2.00. The number of hydrogen-bond donors (Lipinski definition) is 0. The standard InChI is InChI=1S/C12H15N5O2S/c18-12(16-4-6-19-7-5-16)3-8-20-11-2-1-10-14-13-9-17(10)15-11/h1-2,9H,3-8H2. The Morgan fingerprint density at radius 1 is 1.35 bits per heavy atom. The Bertz CT molecular complexity index is 596. The highest BCUT2D eigenvalue weighted by molar-refractivity contribution is 7.99. The van der Waals surface area contributed by atoms with E-state index in [9.17, 15) is 4.79 Å². The van der Waals surface area contributed by atoms with E-state index in [-0.39, 0.29) is 5.91 Å². The molecule has 1 amide bonds. The first-order valence-electron chi connectivity index (χ1n) is 6.48. The van der Waals surface area contributed by atoms with Crippen LogP contribution in [0.25, 0.3) is 5.65 Å². The van der Waals surface area contributed by atoms with Crippen molar-refractivity contribution in [3.63, 3.8) is 0 Å². The van der Waals surface area contributed by atoms with Crippen molar-refractivity contribution in [3.05, 3.63) is 18.5 Å².